The van der Waals surface area contributed by atoms with E-state index in [1.54, 1.807) is 21.3 Å². The van der Waals surface area contributed by atoms with Crippen LogP contribution < -0.4 is 16.3 Å². The van der Waals surface area contributed by atoms with Gasteiger partial charge in [-0.05, 0) is 50.1 Å². The van der Waals surface area contributed by atoms with Crippen LogP contribution in [0.15, 0.2) is 41.2 Å². The van der Waals surface area contributed by atoms with E-state index in [0.29, 0.717) is 42.5 Å². The van der Waals surface area contributed by atoms with Crippen LogP contribution in [0.1, 0.15) is 32.3 Å². The summed E-state index contributed by atoms with van der Waals surface area (Å²) in [6.45, 7) is 5.30. The Bertz CT molecular complexity index is 1130. The summed E-state index contributed by atoms with van der Waals surface area (Å²) in [4.78, 5) is 41.1. The number of pyridine rings is 1. The van der Waals surface area contributed by atoms with Gasteiger partial charge in [-0.1, -0.05) is 23.7 Å². The topological polar surface area (TPSA) is 98.0 Å². The quantitative estimate of drug-likeness (QED) is 0.531. The Morgan fingerprint density at radius 1 is 0.968 bits per heavy atom. The number of benzene rings is 1. The van der Waals surface area contributed by atoms with Gasteiger partial charge in [-0.3, -0.25) is 18.7 Å². The molecule has 0 spiro atoms. The molecule has 0 unspecified atom stereocenters. The first-order valence-corrected chi connectivity index (χ1v) is 10.7. The van der Waals surface area contributed by atoms with Crippen LogP contribution in [-0.4, -0.2) is 32.5 Å². The highest BCUT2D eigenvalue weighted by molar-refractivity contribution is 6.30. The van der Waals surface area contributed by atoms with E-state index in [9.17, 15) is 14.4 Å². The van der Waals surface area contributed by atoms with Crippen LogP contribution in [0.4, 0.5) is 5.82 Å². The number of carbonyl (C=O) groups excluding carboxylic acids is 2. The molecule has 2 amide bonds. The predicted molar refractivity (Wildman–Crippen MR) is 121 cm³/mol. The number of aromatic nitrogens is 3. The van der Waals surface area contributed by atoms with Crippen LogP contribution in [-0.2, 0) is 29.1 Å². The van der Waals surface area contributed by atoms with Crippen LogP contribution >= 0.6 is 11.6 Å². The minimum atomic E-state index is -0.306. The van der Waals surface area contributed by atoms with Gasteiger partial charge in [0, 0.05) is 37.5 Å². The Hall–Kier alpha value is -3.13. The van der Waals surface area contributed by atoms with E-state index in [-0.39, 0.29) is 30.3 Å². The van der Waals surface area contributed by atoms with Crippen LogP contribution in [0.25, 0.3) is 11.2 Å². The van der Waals surface area contributed by atoms with Gasteiger partial charge in [-0.15, -0.1) is 0 Å². The van der Waals surface area contributed by atoms with Crippen molar-refractivity contribution in [3.63, 3.8) is 0 Å². The number of rotatable bonds is 9. The summed E-state index contributed by atoms with van der Waals surface area (Å²) in [6.07, 6.45) is 0.819. The number of hydrogen-bond donors (Lipinski definition) is 2. The molecule has 3 aromatic rings. The molecule has 1 aromatic carbocycles. The Balaban J connectivity index is 1.51. The van der Waals surface area contributed by atoms with Gasteiger partial charge in [0.1, 0.15) is 5.82 Å². The maximum Gasteiger partial charge on any atom is 0.330 e. The van der Waals surface area contributed by atoms with Crippen LogP contribution in [0.2, 0.25) is 5.02 Å². The van der Waals surface area contributed by atoms with Crippen molar-refractivity contribution >= 4 is 40.4 Å². The molecule has 0 atom stereocenters. The highest BCUT2D eigenvalue weighted by Gasteiger charge is 2.14. The zero-order chi connectivity index (χ0) is 22.4. The molecular weight excluding hydrogens is 418 g/mol. The standard InChI is InChI=1S/C22H26ClN5O3/c1-3-27-17-9-10-18(26-21(17)28(4-2)22(27)31)25-20(30)12-11-19(29)24-14-13-15-5-7-16(23)8-6-15/h5-10H,3-4,11-14H2,1-2H3,(H,24,29)(H,25,26,30). The molecule has 0 bridgehead atoms. The van der Waals surface area contributed by atoms with Crippen molar-refractivity contribution in [3.05, 3.63) is 57.5 Å². The fourth-order valence-corrected chi connectivity index (χ4v) is 3.49. The zero-order valence-corrected chi connectivity index (χ0v) is 18.4. The summed E-state index contributed by atoms with van der Waals surface area (Å²) in [7, 11) is 0. The number of carbonyl (C=O) groups is 2. The Labute approximate surface area is 185 Å². The van der Waals surface area contributed by atoms with Crippen molar-refractivity contribution in [2.24, 2.45) is 0 Å². The number of nitrogens with zero attached hydrogens (tertiary/aromatic N) is 3. The Kier molecular flexibility index (Phi) is 7.46. The summed E-state index contributed by atoms with van der Waals surface area (Å²) < 4.78 is 3.22. The average Bonchev–Trinajstić information content (AvgIpc) is 3.03. The van der Waals surface area contributed by atoms with E-state index in [0.717, 1.165) is 11.1 Å². The number of amides is 2. The van der Waals surface area contributed by atoms with E-state index in [2.05, 4.69) is 15.6 Å². The lowest BCUT2D eigenvalue weighted by Crippen LogP contribution is -2.26. The molecular formula is C22H26ClN5O3. The molecule has 0 aliphatic carbocycles. The average molecular weight is 444 g/mol. The molecule has 164 valence electrons. The highest BCUT2D eigenvalue weighted by Crippen LogP contribution is 2.15. The van der Waals surface area contributed by atoms with Gasteiger partial charge >= 0.3 is 5.69 Å². The van der Waals surface area contributed by atoms with Crippen molar-refractivity contribution in [1.29, 1.82) is 0 Å². The van der Waals surface area contributed by atoms with Crippen molar-refractivity contribution in [2.75, 3.05) is 11.9 Å². The lowest BCUT2D eigenvalue weighted by Gasteiger charge is -2.07. The maximum absolute atomic E-state index is 12.4. The third kappa shape index (κ3) is 5.52. The third-order valence-electron chi connectivity index (χ3n) is 4.99. The van der Waals surface area contributed by atoms with E-state index in [4.69, 9.17) is 11.6 Å². The lowest BCUT2D eigenvalue weighted by atomic mass is 10.1. The molecule has 0 fully saturated rings. The minimum absolute atomic E-state index is 0.0447. The van der Waals surface area contributed by atoms with E-state index < -0.39 is 0 Å². The summed E-state index contributed by atoms with van der Waals surface area (Å²) in [6, 6.07) is 10.9. The van der Waals surface area contributed by atoms with Gasteiger partial charge in [-0.2, -0.15) is 0 Å². The molecule has 9 heteroatoms. The molecule has 2 N–H and O–H groups in total. The number of nitrogens with one attached hydrogen (secondary N) is 2. The van der Waals surface area contributed by atoms with Crippen LogP contribution in [0.3, 0.4) is 0 Å². The second kappa shape index (κ2) is 10.3. The van der Waals surface area contributed by atoms with Crippen LogP contribution in [0.5, 0.6) is 0 Å². The number of hydrogen-bond acceptors (Lipinski definition) is 4. The maximum atomic E-state index is 12.4. The summed E-state index contributed by atoms with van der Waals surface area (Å²) in [5.74, 6) is -0.136. The smallest absolute Gasteiger partial charge is 0.330 e. The van der Waals surface area contributed by atoms with Crippen LogP contribution in [0, 0.1) is 0 Å². The van der Waals surface area contributed by atoms with Gasteiger partial charge < -0.3 is 10.6 Å². The van der Waals surface area contributed by atoms with Gasteiger partial charge in [0.15, 0.2) is 5.65 Å². The van der Waals surface area contributed by atoms with Gasteiger partial charge in [-0.25, -0.2) is 9.78 Å². The number of imidazole rings is 1. The molecule has 8 nitrogen and oxygen atoms in total. The van der Waals surface area contributed by atoms with Gasteiger partial charge in [0.05, 0.1) is 5.52 Å². The Morgan fingerprint density at radius 3 is 2.32 bits per heavy atom. The van der Waals surface area contributed by atoms with E-state index in [1.807, 2.05) is 38.1 Å². The fourth-order valence-electron chi connectivity index (χ4n) is 3.37. The summed E-state index contributed by atoms with van der Waals surface area (Å²) in [5.41, 5.74) is 2.22. The number of fused-ring (bicyclic) bond motifs is 1. The van der Waals surface area contributed by atoms with Crippen molar-refractivity contribution in [3.8, 4) is 0 Å². The molecule has 0 aliphatic rings. The first-order valence-electron chi connectivity index (χ1n) is 10.3. The molecule has 2 aromatic heterocycles. The van der Waals surface area contributed by atoms with Crippen molar-refractivity contribution in [1.82, 2.24) is 19.4 Å². The molecule has 2 heterocycles. The van der Waals surface area contributed by atoms with Gasteiger partial charge in [0.25, 0.3) is 0 Å². The second-order valence-electron chi connectivity index (χ2n) is 7.08. The lowest BCUT2D eigenvalue weighted by molar-refractivity contribution is -0.124. The summed E-state index contributed by atoms with van der Waals surface area (Å²) in [5, 5.41) is 6.19. The molecule has 3 rings (SSSR count). The minimum Gasteiger partial charge on any atom is -0.356 e. The number of aryl methyl sites for hydroxylation is 2. The van der Waals surface area contributed by atoms with E-state index >= 15 is 0 Å². The largest absolute Gasteiger partial charge is 0.356 e. The van der Waals surface area contributed by atoms with Crippen molar-refractivity contribution < 1.29 is 9.59 Å². The Morgan fingerprint density at radius 2 is 1.65 bits per heavy atom. The fraction of sp³-hybridized carbons (Fsp3) is 0.364. The monoisotopic (exact) mass is 443 g/mol. The predicted octanol–water partition coefficient (Wildman–Crippen LogP) is 2.97. The summed E-state index contributed by atoms with van der Waals surface area (Å²) >= 11 is 5.86. The van der Waals surface area contributed by atoms with E-state index in [1.165, 1.54) is 0 Å². The molecule has 0 saturated carbocycles. The highest BCUT2D eigenvalue weighted by atomic mass is 35.5. The molecule has 0 aliphatic heterocycles. The SMILES string of the molecule is CCn1c(=O)n(CC)c2nc(NC(=O)CCC(=O)NCCc3ccc(Cl)cc3)ccc21. The third-order valence-corrected chi connectivity index (χ3v) is 5.24. The first kappa shape index (κ1) is 22.6. The normalized spacial score (nSPS) is 10.9. The van der Waals surface area contributed by atoms with Gasteiger partial charge in [0.2, 0.25) is 11.8 Å². The number of halogens is 1. The molecule has 0 saturated heterocycles. The number of anilines is 1. The second-order valence-corrected chi connectivity index (χ2v) is 7.52. The molecule has 0 radical (unpaired) electrons. The first-order chi connectivity index (χ1) is 14.9. The van der Waals surface area contributed by atoms with Crippen molar-refractivity contribution in [2.45, 2.75) is 46.2 Å². The molecule has 31 heavy (non-hydrogen) atoms. The zero-order valence-electron chi connectivity index (χ0n) is 17.7.